The summed E-state index contributed by atoms with van der Waals surface area (Å²) in [5.41, 5.74) is 5.38. The number of pyridine rings is 1. The van der Waals surface area contributed by atoms with Crippen molar-refractivity contribution in [2.45, 2.75) is 13.3 Å². The highest BCUT2D eigenvalue weighted by Gasteiger charge is 2.19. The molecule has 0 radical (unpaired) electrons. The molecule has 0 atom stereocenters. The fourth-order valence-electron chi connectivity index (χ4n) is 4.31. The van der Waals surface area contributed by atoms with Crippen LogP contribution in [0.5, 0.6) is 0 Å². The van der Waals surface area contributed by atoms with Gasteiger partial charge >= 0.3 is 0 Å². The molecule has 0 aliphatic rings. The van der Waals surface area contributed by atoms with E-state index in [1.165, 1.54) is 11.3 Å². The highest BCUT2D eigenvalue weighted by atomic mass is 32.1. The standard InChI is InChI=1S/C26H19N5OS/c1-16-28-21-10-4-2-8-19(21)25-24(20-9-3-5-11-22(20)31(16)25)30-23(32)13-18-15-33-26(29-18)17-7-6-12-27-14-17/h2-12,14-15H,13H2,1H3,(H,30,32). The van der Waals surface area contributed by atoms with Crippen LogP contribution in [0.1, 0.15) is 11.5 Å². The molecule has 4 heterocycles. The summed E-state index contributed by atoms with van der Waals surface area (Å²) >= 11 is 1.52. The van der Waals surface area contributed by atoms with E-state index in [9.17, 15) is 4.79 Å². The minimum atomic E-state index is -0.102. The number of fused-ring (bicyclic) bond motifs is 5. The number of carbonyl (C=O) groups excluding carboxylic acids is 1. The molecule has 0 unspecified atom stereocenters. The minimum absolute atomic E-state index is 0.102. The molecule has 33 heavy (non-hydrogen) atoms. The Morgan fingerprint density at radius 3 is 2.67 bits per heavy atom. The lowest BCUT2D eigenvalue weighted by Crippen LogP contribution is -2.14. The third kappa shape index (κ3) is 3.34. The number of carbonyl (C=O) groups is 1. The summed E-state index contributed by atoms with van der Waals surface area (Å²) in [6.07, 6.45) is 3.72. The molecule has 0 saturated carbocycles. The quantitative estimate of drug-likeness (QED) is 0.378. The predicted molar refractivity (Wildman–Crippen MR) is 133 cm³/mol. The summed E-state index contributed by atoms with van der Waals surface area (Å²) in [7, 11) is 0. The first kappa shape index (κ1) is 19.6. The maximum Gasteiger partial charge on any atom is 0.230 e. The number of amides is 1. The van der Waals surface area contributed by atoms with Crippen LogP contribution >= 0.6 is 11.3 Å². The van der Waals surface area contributed by atoms with Crippen LogP contribution in [0.4, 0.5) is 5.69 Å². The molecular weight excluding hydrogens is 430 g/mol. The van der Waals surface area contributed by atoms with Crippen molar-refractivity contribution >= 4 is 50.3 Å². The van der Waals surface area contributed by atoms with Gasteiger partial charge in [-0.05, 0) is 31.2 Å². The van der Waals surface area contributed by atoms with E-state index in [0.717, 1.165) is 55.1 Å². The number of anilines is 1. The van der Waals surface area contributed by atoms with Gasteiger partial charge in [-0.25, -0.2) is 9.97 Å². The van der Waals surface area contributed by atoms with E-state index in [4.69, 9.17) is 4.98 Å². The van der Waals surface area contributed by atoms with Crippen LogP contribution in [0.25, 0.3) is 37.9 Å². The highest BCUT2D eigenvalue weighted by Crippen LogP contribution is 2.36. The van der Waals surface area contributed by atoms with Crippen LogP contribution in [-0.4, -0.2) is 25.3 Å². The summed E-state index contributed by atoms with van der Waals surface area (Å²) in [4.78, 5) is 26.7. The Morgan fingerprint density at radius 2 is 1.82 bits per heavy atom. The average molecular weight is 450 g/mol. The van der Waals surface area contributed by atoms with Gasteiger partial charge in [0.2, 0.25) is 5.91 Å². The number of aryl methyl sites for hydroxylation is 1. The normalized spacial score (nSPS) is 11.4. The van der Waals surface area contributed by atoms with Gasteiger partial charge in [0.1, 0.15) is 10.8 Å². The molecule has 0 spiro atoms. The van der Waals surface area contributed by atoms with Crippen LogP contribution in [0.3, 0.4) is 0 Å². The molecule has 1 N–H and O–H groups in total. The zero-order valence-corrected chi connectivity index (χ0v) is 18.6. The molecular formula is C26H19N5OS. The van der Waals surface area contributed by atoms with Crippen LogP contribution in [0, 0.1) is 6.92 Å². The second kappa shape index (κ2) is 7.79. The van der Waals surface area contributed by atoms with Gasteiger partial charge in [0.05, 0.1) is 34.4 Å². The molecule has 2 aromatic carbocycles. The molecule has 6 rings (SSSR count). The van der Waals surface area contributed by atoms with E-state index >= 15 is 0 Å². The Hall–Kier alpha value is -4.10. The van der Waals surface area contributed by atoms with Crippen molar-refractivity contribution in [3.8, 4) is 10.6 Å². The molecule has 4 aromatic heterocycles. The first-order chi connectivity index (χ1) is 16.2. The third-order valence-electron chi connectivity index (χ3n) is 5.71. The van der Waals surface area contributed by atoms with Crippen LogP contribution in [0.15, 0.2) is 78.4 Å². The zero-order chi connectivity index (χ0) is 22.4. The Bertz CT molecular complexity index is 1650. The first-order valence-corrected chi connectivity index (χ1v) is 11.5. The SMILES string of the molecule is Cc1nc2ccccc2c2c(NC(=O)Cc3csc(-c4cccnc4)n3)c3ccccc3n12. The number of nitrogens with one attached hydrogen (secondary N) is 1. The molecule has 6 nitrogen and oxygen atoms in total. The van der Waals surface area contributed by atoms with E-state index < -0.39 is 0 Å². The summed E-state index contributed by atoms with van der Waals surface area (Å²) in [6, 6.07) is 20.0. The molecule has 0 bridgehead atoms. The Balaban J connectivity index is 1.41. The fraction of sp³-hybridized carbons (Fsp3) is 0.0769. The molecule has 0 fully saturated rings. The first-order valence-electron chi connectivity index (χ1n) is 10.6. The van der Waals surface area contributed by atoms with E-state index in [0.29, 0.717) is 0 Å². The van der Waals surface area contributed by atoms with Crippen molar-refractivity contribution in [3.63, 3.8) is 0 Å². The smallest absolute Gasteiger partial charge is 0.230 e. The number of hydrogen-bond acceptors (Lipinski definition) is 5. The molecule has 1 amide bonds. The monoisotopic (exact) mass is 449 g/mol. The lowest BCUT2D eigenvalue weighted by Gasteiger charge is -2.09. The molecule has 6 aromatic rings. The number of benzene rings is 2. The number of para-hydroxylation sites is 2. The second-order valence-corrected chi connectivity index (χ2v) is 8.72. The van der Waals surface area contributed by atoms with Crippen molar-refractivity contribution < 1.29 is 4.79 Å². The van der Waals surface area contributed by atoms with E-state index in [1.54, 1.807) is 12.4 Å². The number of thiazole rings is 1. The van der Waals surface area contributed by atoms with Crippen molar-refractivity contribution in [1.29, 1.82) is 0 Å². The van der Waals surface area contributed by atoms with Crippen molar-refractivity contribution in [2.75, 3.05) is 5.32 Å². The topological polar surface area (TPSA) is 72.2 Å². The Morgan fingerprint density at radius 1 is 1.00 bits per heavy atom. The number of aromatic nitrogens is 4. The molecule has 0 aliphatic carbocycles. The Labute approximate surface area is 193 Å². The van der Waals surface area contributed by atoms with Crippen molar-refractivity contribution in [1.82, 2.24) is 19.4 Å². The number of rotatable bonds is 4. The predicted octanol–water partition coefficient (Wildman–Crippen LogP) is 5.65. The summed E-state index contributed by atoms with van der Waals surface area (Å²) in [5.74, 6) is 0.774. The fourth-order valence-corrected chi connectivity index (χ4v) is 5.12. The third-order valence-corrected chi connectivity index (χ3v) is 6.65. The van der Waals surface area contributed by atoms with Crippen molar-refractivity contribution in [2.24, 2.45) is 0 Å². The van der Waals surface area contributed by atoms with Gasteiger partial charge < -0.3 is 5.32 Å². The Kier molecular flexibility index (Phi) is 4.62. The maximum atomic E-state index is 13.2. The van der Waals surface area contributed by atoms with Gasteiger partial charge in [0.25, 0.3) is 0 Å². The number of nitrogens with zero attached hydrogens (tertiary/aromatic N) is 4. The van der Waals surface area contributed by atoms with E-state index in [-0.39, 0.29) is 12.3 Å². The van der Waals surface area contributed by atoms with Gasteiger partial charge in [-0.3, -0.25) is 14.2 Å². The molecule has 0 aliphatic heterocycles. The molecule has 0 saturated heterocycles. The largest absolute Gasteiger partial charge is 0.323 e. The van der Waals surface area contributed by atoms with Crippen LogP contribution in [0.2, 0.25) is 0 Å². The summed E-state index contributed by atoms with van der Waals surface area (Å²) in [5, 5.41) is 7.97. The highest BCUT2D eigenvalue weighted by molar-refractivity contribution is 7.13. The average Bonchev–Trinajstić information content (AvgIpc) is 3.43. The summed E-state index contributed by atoms with van der Waals surface area (Å²) in [6.45, 7) is 1.99. The van der Waals surface area contributed by atoms with Gasteiger partial charge in [-0.15, -0.1) is 11.3 Å². The van der Waals surface area contributed by atoms with Gasteiger partial charge in [0, 0.05) is 34.1 Å². The minimum Gasteiger partial charge on any atom is -0.323 e. The number of hydrogen-bond donors (Lipinski definition) is 1. The molecule has 160 valence electrons. The zero-order valence-electron chi connectivity index (χ0n) is 17.8. The maximum absolute atomic E-state index is 13.2. The molecule has 7 heteroatoms. The van der Waals surface area contributed by atoms with Crippen LogP contribution < -0.4 is 5.32 Å². The lowest BCUT2D eigenvalue weighted by atomic mass is 10.1. The van der Waals surface area contributed by atoms with Gasteiger partial charge in [-0.2, -0.15) is 0 Å². The van der Waals surface area contributed by atoms with Crippen LogP contribution in [-0.2, 0) is 11.2 Å². The van der Waals surface area contributed by atoms with E-state index in [2.05, 4.69) is 25.8 Å². The lowest BCUT2D eigenvalue weighted by molar-refractivity contribution is -0.115. The summed E-state index contributed by atoms with van der Waals surface area (Å²) < 4.78 is 2.12. The van der Waals surface area contributed by atoms with Gasteiger partial charge in [-0.1, -0.05) is 36.4 Å². The van der Waals surface area contributed by atoms with Gasteiger partial charge in [0.15, 0.2) is 0 Å². The van der Waals surface area contributed by atoms with Crippen molar-refractivity contribution in [3.05, 3.63) is 90.0 Å². The second-order valence-electron chi connectivity index (χ2n) is 7.86. The van der Waals surface area contributed by atoms with E-state index in [1.807, 2.05) is 66.9 Å².